The minimum Gasteiger partial charge on any atom is -0.420 e. The Morgan fingerprint density at radius 1 is 0.548 bits per heavy atom. The Morgan fingerprint density at radius 2 is 1.01 bits per heavy atom. The summed E-state index contributed by atoms with van der Waals surface area (Å²) >= 11 is 1.40. The van der Waals surface area contributed by atoms with E-state index in [2.05, 4.69) is 195 Å². The van der Waals surface area contributed by atoms with Gasteiger partial charge >= 0.3 is 0 Å². The van der Waals surface area contributed by atoms with Crippen molar-refractivity contribution in [3.05, 3.63) is 131 Å². The molecule has 93 heavy (non-hydrogen) atoms. The zero-order chi connectivity index (χ0) is 64.9. The molecule has 1 amide bonds. The van der Waals surface area contributed by atoms with Crippen LogP contribution in [-0.4, -0.2) is 182 Å². The van der Waals surface area contributed by atoms with Crippen LogP contribution in [0.1, 0.15) is 160 Å². The summed E-state index contributed by atoms with van der Waals surface area (Å²) in [7, 11) is 0. The highest BCUT2D eigenvalue weighted by Crippen LogP contribution is 2.30. The Balaban J connectivity index is 0.000000153. The lowest BCUT2D eigenvalue weighted by Crippen LogP contribution is -2.46. The lowest BCUT2D eigenvalue weighted by Gasteiger charge is -2.33. The number of nitrogens with zero attached hydrogens (tertiary/aromatic N) is 11. The van der Waals surface area contributed by atoms with Crippen molar-refractivity contribution in [1.82, 2.24) is 65.3 Å². The number of carbonyl (C=O) groups is 3. The number of likely N-dealkylation sites (N-methyl/N-ethyl adjacent to an activating group) is 3. The smallest absolute Gasteiger partial charge is 0.297 e. The first-order valence-corrected chi connectivity index (χ1v) is 35.5. The lowest BCUT2D eigenvalue weighted by molar-refractivity contribution is 0.0924. The van der Waals surface area contributed by atoms with Gasteiger partial charge in [0.25, 0.3) is 11.9 Å². The molecule has 3 aliphatic rings. The van der Waals surface area contributed by atoms with Gasteiger partial charge in [0.15, 0.2) is 23.2 Å². The molecule has 0 aliphatic carbocycles. The fraction of sp³-hybridized carbons (Fsp3) is 0.528. The van der Waals surface area contributed by atoms with Crippen LogP contribution in [0.15, 0.2) is 102 Å². The molecular weight excluding hydrogens is 1180 g/mol. The molecule has 9 aromatic rings. The molecular formula is C72H100N16O4S. The molecule has 3 fully saturated rings. The molecule has 0 bridgehead atoms. The van der Waals surface area contributed by atoms with E-state index in [0.29, 0.717) is 53.2 Å². The molecule has 498 valence electrons. The molecule has 3 unspecified atom stereocenters. The van der Waals surface area contributed by atoms with Crippen molar-refractivity contribution in [3.63, 3.8) is 0 Å². The summed E-state index contributed by atoms with van der Waals surface area (Å²) in [6.07, 6.45) is 21.2. The van der Waals surface area contributed by atoms with E-state index in [-0.39, 0.29) is 23.5 Å². The lowest BCUT2D eigenvalue weighted by atomic mass is 9.89. The molecule has 5 N–H and O–H groups in total. The average molecular weight is 1290 g/mol. The van der Waals surface area contributed by atoms with Gasteiger partial charge in [0.2, 0.25) is 16.1 Å². The van der Waals surface area contributed by atoms with E-state index in [1.54, 1.807) is 6.20 Å². The number of rotatable bonds is 29. The number of ketones is 2. The second-order valence-corrected chi connectivity index (χ2v) is 26.4. The summed E-state index contributed by atoms with van der Waals surface area (Å²) in [5, 5.41) is 24.0. The SMILES string of the molecule is CCCCC(CC(=O)c1cnc(N2CCN(CC)CC2)o1)Cc1c[nH]c2ccccc12.CCCCC(CC(=O)c1nc(N2CCN(CC)CC2)n[nH]1)Cc1c[nH]c2ccccc12.CCCCC(Cc1c[nH]c2ccccc12)NC(=O)c1nnc(N2CCN(CC)CC2)s1. The minimum atomic E-state index is -0.114. The third-order valence-electron chi connectivity index (χ3n) is 19.0. The van der Waals surface area contributed by atoms with Crippen molar-refractivity contribution in [2.24, 2.45) is 11.8 Å². The average Bonchev–Trinajstić information content (AvgIpc) is 3.51. The predicted molar refractivity (Wildman–Crippen MR) is 376 cm³/mol. The Morgan fingerprint density at radius 3 is 1.52 bits per heavy atom. The number of benzene rings is 3. The van der Waals surface area contributed by atoms with Crippen molar-refractivity contribution in [1.29, 1.82) is 0 Å². The van der Waals surface area contributed by atoms with Crippen LogP contribution in [0.4, 0.5) is 17.1 Å². The van der Waals surface area contributed by atoms with E-state index in [1.165, 1.54) is 44.2 Å². The van der Waals surface area contributed by atoms with Crippen LogP contribution in [-0.2, 0) is 19.3 Å². The fourth-order valence-corrected chi connectivity index (χ4v) is 14.0. The van der Waals surface area contributed by atoms with Crippen LogP contribution in [0.25, 0.3) is 32.7 Å². The van der Waals surface area contributed by atoms with Gasteiger partial charge in [0.05, 0.1) is 6.20 Å². The topological polar surface area (TPSA) is 223 Å². The van der Waals surface area contributed by atoms with E-state index in [1.807, 2.05) is 18.2 Å². The van der Waals surface area contributed by atoms with Crippen molar-refractivity contribution >= 4 is 78.6 Å². The number of carbonyl (C=O) groups excluding carboxylic acids is 3. The van der Waals surface area contributed by atoms with Crippen LogP contribution in [0, 0.1) is 11.8 Å². The van der Waals surface area contributed by atoms with Gasteiger partial charge in [-0.1, -0.05) is 146 Å². The van der Waals surface area contributed by atoms with Gasteiger partial charge in [-0.25, -0.2) is 4.98 Å². The zero-order valence-corrected chi connectivity index (χ0v) is 56.8. The minimum absolute atomic E-state index is 0.0619. The van der Waals surface area contributed by atoms with Gasteiger partial charge in [-0.2, -0.15) is 4.98 Å². The number of aromatic nitrogens is 9. The number of Topliss-reactive ketones (excluding diaryl/α,β-unsaturated/α-hetero) is 2. The maximum atomic E-state index is 13.0. The van der Waals surface area contributed by atoms with Gasteiger partial charge in [0.1, 0.15) is 0 Å². The highest BCUT2D eigenvalue weighted by molar-refractivity contribution is 7.17. The number of para-hydroxylation sites is 3. The van der Waals surface area contributed by atoms with Crippen molar-refractivity contribution in [2.75, 3.05) is 113 Å². The first-order valence-electron chi connectivity index (χ1n) is 34.7. The third-order valence-corrected chi connectivity index (χ3v) is 20.0. The zero-order valence-electron chi connectivity index (χ0n) is 55.9. The normalized spacial score (nSPS) is 16.1. The number of hydrogen-bond acceptors (Lipinski definition) is 16. The highest BCUT2D eigenvalue weighted by atomic mass is 32.1. The second kappa shape index (κ2) is 34.4. The number of unbranched alkanes of at least 4 members (excludes halogenated alkanes) is 3. The number of hydrogen-bond donors (Lipinski definition) is 5. The molecule has 6 aromatic heterocycles. The summed E-state index contributed by atoms with van der Waals surface area (Å²) in [6.45, 7) is 27.9. The van der Waals surface area contributed by atoms with Gasteiger partial charge in [-0.3, -0.25) is 19.5 Å². The number of amides is 1. The van der Waals surface area contributed by atoms with E-state index in [4.69, 9.17) is 4.42 Å². The Labute approximate surface area is 553 Å². The van der Waals surface area contributed by atoms with Gasteiger partial charge in [-0.15, -0.1) is 15.3 Å². The van der Waals surface area contributed by atoms with E-state index < -0.39 is 0 Å². The maximum absolute atomic E-state index is 13.0. The van der Waals surface area contributed by atoms with Crippen LogP contribution >= 0.6 is 11.3 Å². The summed E-state index contributed by atoms with van der Waals surface area (Å²) in [4.78, 5) is 71.9. The molecule has 20 nitrogen and oxygen atoms in total. The molecule has 12 rings (SSSR count). The molecule has 21 heteroatoms. The largest absolute Gasteiger partial charge is 0.420 e. The van der Waals surface area contributed by atoms with Crippen molar-refractivity contribution < 1.29 is 18.8 Å². The number of nitrogens with one attached hydrogen (secondary N) is 5. The summed E-state index contributed by atoms with van der Waals surface area (Å²) in [6, 6.07) is 25.7. The maximum Gasteiger partial charge on any atom is 0.297 e. The number of aromatic amines is 4. The number of fused-ring (bicyclic) bond motifs is 3. The number of anilines is 3. The van der Waals surface area contributed by atoms with E-state index >= 15 is 0 Å². The molecule has 3 aliphatic heterocycles. The van der Waals surface area contributed by atoms with Crippen LogP contribution < -0.4 is 20.0 Å². The predicted octanol–water partition coefficient (Wildman–Crippen LogP) is 12.7. The summed E-state index contributed by atoms with van der Waals surface area (Å²) < 4.78 is 5.91. The van der Waals surface area contributed by atoms with E-state index in [0.717, 1.165) is 197 Å². The number of oxazole rings is 1. The first kappa shape index (κ1) is 68.1. The van der Waals surface area contributed by atoms with Gasteiger partial charge in [-0.05, 0) is 105 Å². The molecule has 0 spiro atoms. The number of piperazine rings is 3. The van der Waals surface area contributed by atoms with Crippen LogP contribution in [0.3, 0.4) is 0 Å². The van der Waals surface area contributed by atoms with Gasteiger partial charge in [0, 0.05) is 149 Å². The Hall–Kier alpha value is -7.72. The third kappa shape index (κ3) is 18.6. The Bertz CT molecular complexity index is 3340. The fourth-order valence-electron chi connectivity index (χ4n) is 13.2. The first-order chi connectivity index (χ1) is 45.5. The second-order valence-electron chi connectivity index (χ2n) is 25.4. The van der Waals surface area contributed by atoms with Gasteiger partial charge < -0.3 is 54.1 Å². The van der Waals surface area contributed by atoms with Crippen molar-refractivity contribution in [3.8, 4) is 0 Å². The molecule has 3 atom stereocenters. The molecule has 9 heterocycles. The quantitative estimate of drug-likeness (QED) is 0.0275. The summed E-state index contributed by atoms with van der Waals surface area (Å²) in [5.74, 6) is 2.06. The van der Waals surface area contributed by atoms with E-state index in [9.17, 15) is 14.4 Å². The monoisotopic (exact) mass is 1280 g/mol. The number of H-pyrrole nitrogens is 4. The highest BCUT2D eigenvalue weighted by Gasteiger charge is 2.28. The van der Waals surface area contributed by atoms with Crippen LogP contribution in [0.5, 0.6) is 0 Å². The Kier molecular flexibility index (Phi) is 25.2. The molecule has 3 aromatic carbocycles. The van der Waals surface area contributed by atoms with Crippen molar-refractivity contribution in [2.45, 2.75) is 137 Å². The molecule has 0 saturated carbocycles. The standard InChI is InChI=1S/C25H34N4O2.C24H34N6O.C23H32N6OS/c1-3-5-8-19(15-20-17-26-22-10-7-6-9-21(20)22)16-23(30)24-18-27-25(31-24)29-13-11-28(4-2)12-14-29;1-3-5-8-18(15-19-17-25-21-10-7-6-9-20(19)21)16-22(31)23-26-24(28-27-23)30-13-11-29(4-2)12-14-30;1-3-5-8-18(15-17-16-24-20-10-7-6-9-19(17)20)25-21(30)22-26-27-23(31-22)29-13-11-28(4-2)12-14-29/h6-7,9-10,17-19,26H,3-5,8,11-16H2,1-2H3;6-7,9-10,17-18,25H,3-5,8,11-16H2,1-2H3,(H,26,27,28);6-7,9-10,16,18,24H,3-5,8,11-15H2,1-2H3,(H,25,30). The molecule has 0 radical (unpaired) electrons. The molecule has 3 saturated heterocycles. The van der Waals surface area contributed by atoms with Crippen LogP contribution in [0.2, 0.25) is 0 Å². The summed E-state index contributed by atoms with van der Waals surface area (Å²) in [5.41, 5.74) is 7.26.